The first kappa shape index (κ1) is 13.4. The lowest BCUT2D eigenvalue weighted by molar-refractivity contribution is 0.346. The van der Waals surface area contributed by atoms with Crippen molar-refractivity contribution in [2.75, 3.05) is 19.6 Å². The Hall–Kier alpha value is -1.00. The van der Waals surface area contributed by atoms with Gasteiger partial charge in [0, 0.05) is 11.6 Å². The first-order valence-corrected chi connectivity index (χ1v) is 6.56. The molecule has 0 saturated carbocycles. The Kier molecular flexibility index (Phi) is 4.66. The second-order valence-corrected chi connectivity index (χ2v) is 5.01. The molecule has 0 radical (unpaired) electrons. The van der Waals surface area contributed by atoms with Gasteiger partial charge in [0.25, 0.3) is 0 Å². The summed E-state index contributed by atoms with van der Waals surface area (Å²) in [5, 5.41) is 6.63. The van der Waals surface area contributed by atoms with Crippen molar-refractivity contribution in [2.45, 2.75) is 25.8 Å². The van der Waals surface area contributed by atoms with Gasteiger partial charge in [0.15, 0.2) is 0 Å². The van der Waals surface area contributed by atoms with Crippen molar-refractivity contribution in [3.05, 3.63) is 35.4 Å². The molecule has 0 bridgehead atoms. The van der Waals surface area contributed by atoms with Crippen LogP contribution in [0.5, 0.6) is 0 Å². The maximum Gasteiger partial charge on any atom is 0.128 e. The standard InChI is InChI=1S/C14H20F2N2/c1-10(13-7-12(15)4-5-14(13)16)18-9-11-3-2-6-17-8-11/h4-5,7,10-11,17-18H,2-3,6,8-9H2,1H3. The minimum absolute atomic E-state index is 0.164. The molecule has 2 nitrogen and oxygen atoms in total. The van der Waals surface area contributed by atoms with E-state index >= 15 is 0 Å². The fraction of sp³-hybridized carbons (Fsp3) is 0.571. The van der Waals surface area contributed by atoms with Crippen LogP contribution >= 0.6 is 0 Å². The molecule has 1 saturated heterocycles. The van der Waals surface area contributed by atoms with Gasteiger partial charge in [-0.1, -0.05) is 0 Å². The summed E-state index contributed by atoms with van der Waals surface area (Å²) >= 11 is 0. The van der Waals surface area contributed by atoms with Gasteiger partial charge in [0.2, 0.25) is 0 Å². The summed E-state index contributed by atoms with van der Waals surface area (Å²) < 4.78 is 26.7. The number of halogens is 2. The van der Waals surface area contributed by atoms with Gasteiger partial charge in [0.1, 0.15) is 11.6 Å². The molecule has 1 aliphatic heterocycles. The predicted octanol–water partition coefficient (Wildman–Crippen LogP) is 2.62. The van der Waals surface area contributed by atoms with Crippen molar-refractivity contribution in [1.29, 1.82) is 0 Å². The quantitative estimate of drug-likeness (QED) is 0.863. The van der Waals surface area contributed by atoms with Gasteiger partial charge in [0.05, 0.1) is 0 Å². The van der Waals surface area contributed by atoms with E-state index in [1.807, 2.05) is 6.92 Å². The van der Waals surface area contributed by atoms with Crippen molar-refractivity contribution < 1.29 is 8.78 Å². The van der Waals surface area contributed by atoms with Crippen LogP contribution in [0.3, 0.4) is 0 Å². The van der Waals surface area contributed by atoms with E-state index in [9.17, 15) is 8.78 Å². The molecule has 2 atom stereocenters. The van der Waals surface area contributed by atoms with Crippen molar-refractivity contribution in [3.63, 3.8) is 0 Å². The highest BCUT2D eigenvalue weighted by Gasteiger charge is 2.16. The minimum atomic E-state index is -0.389. The summed E-state index contributed by atoms with van der Waals surface area (Å²) in [6.45, 7) is 4.80. The summed E-state index contributed by atoms with van der Waals surface area (Å²) in [6, 6.07) is 3.44. The largest absolute Gasteiger partial charge is 0.316 e. The van der Waals surface area contributed by atoms with Gasteiger partial charge in [-0.3, -0.25) is 0 Å². The number of benzene rings is 1. The maximum absolute atomic E-state index is 13.6. The molecule has 2 rings (SSSR count). The fourth-order valence-corrected chi connectivity index (χ4v) is 2.40. The van der Waals surface area contributed by atoms with Crippen LogP contribution in [0.4, 0.5) is 8.78 Å². The molecule has 0 aliphatic carbocycles. The third-order valence-electron chi connectivity index (χ3n) is 3.54. The molecule has 1 aliphatic rings. The van der Waals surface area contributed by atoms with Crippen molar-refractivity contribution in [2.24, 2.45) is 5.92 Å². The van der Waals surface area contributed by atoms with Crippen LogP contribution in [-0.2, 0) is 0 Å². The van der Waals surface area contributed by atoms with Crippen LogP contribution in [0, 0.1) is 17.6 Å². The van der Waals surface area contributed by atoms with E-state index in [1.54, 1.807) is 0 Å². The number of hydrogen-bond acceptors (Lipinski definition) is 2. The molecule has 2 N–H and O–H groups in total. The average Bonchev–Trinajstić information content (AvgIpc) is 2.40. The third kappa shape index (κ3) is 3.50. The Balaban J connectivity index is 1.90. The van der Waals surface area contributed by atoms with Crippen LogP contribution in [0.1, 0.15) is 31.4 Å². The zero-order valence-corrected chi connectivity index (χ0v) is 10.7. The van der Waals surface area contributed by atoms with E-state index in [-0.39, 0.29) is 17.7 Å². The second-order valence-electron chi connectivity index (χ2n) is 5.01. The van der Waals surface area contributed by atoms with E-state index in [4.69, 9.17) is 0 Å². The first-order chi connectivity index (χ1) is 8.66. The molecule has 1 aromatic carbocycles. The van der Waals surface area contributed by atoms with Gasteiger partial charge in [-0.05, 0) is 63.5 Å². The van der Waals surface area contributed by atoms with E-state index < -0.39 is 0 Å². The molecular formula is C14H20F2N2. The van der Waals surface area contributed by atoms with Crippen molar-refractivity contribution in [1.82, 2.24) is 10.6 Å². The summed E-state index contributed by atoms with van der Waals surface area (Å²) in [5.74, 6) is -0.157. The SMILES string of the molecule is CC(NCC1CCCNC1)c1cc(F)ccc1F. The number of hydrogen-bond donors (Lipinski definition) is 2. The molecule has 0 amide bonds. The van der Waals surface area contributed by atoms with Gasteiger partial charge in [-0.2, -0.15) is 0 Å². The highest BCUT2D eigenvalue weighted by atomic mass is 19.1. The third-order valence-corrected chi connectivity index (χ3v) is 3.54. The average molecular weight is 254 g/mol. The Morgan fingerprint density at radius 1 is 1.44 bits per heavy atom. The van der Waals surface area contributed by atoms with Gasteiger partial charge >= 0.3 is 0 Å². The van der Waals surface area contributed by atoms with Gasteiger partial charge < -0.3 is 10.6 Å². The summed E-state index contributed by atoms with van der Waals surface area (Å²) in [6.07, 6.45) is 2.38. The Labute approximate surface area is 107 Å². The Morgan fingerprint density at radius 3 is 3.00 bits per heavy atom. The van der Waals surface area contributed by atoms with Crippen LogP contribution in [0.15, 0.2) is 18.2 Å². The highest BCUT2D eigenvalue weighted by molar-refractivity contribution is 5.21. The Bertz CT molecular complexity index is 389. The van der Waals surface area contributed by atoms with Gasteiger partial charge in [-0.15, -0.1) is 0 Å². The maximum atomic E-state index is 13.6. The topological polar surface area (TPSA) is 24.1 Å². The smallest absolute Gasteiger partial charge is 0.128 e. The summed E-state index contributed by atoms with van der Waals surface area (Å²) in [5.41, 5.74) is 0.402. The monoisotopic (exact) mass is 254 g/mol. The normalized spacial score (nSPS) is 21.8. The van der Waals surface area contributed by atoms with Crippen molar-refractivity contribution in [3.8, 4) is 0 Å². The van der Waals surface area contributed by atoms with E-state index in [0.29, 0.717) is 11.5 Å². The summed E-state index contributed by atoms with van der Waals surface area (Å²) in [4.78, 5) is 0. The molecular weight excluding hydrogens is 234 g/mol. The van der Waals surface area contributed by atoms with E-state index in [0.717, 1.165) is 25.7 Å². The molecule has 4 heteroatoms. The first-order valence-electron chi connectivity index (χ1n) is 6.56. The summed E-state index contributed by atoms with van der Waals surface area (Å²) in [7, 11) is 0. The van der Waals surface area contributed by atoms with E-state index in [2.05, 4.69) is 10.6 Å². The number of rotatable bonds is 4. The molecule has 0 aromatic heterocycles. The van der Waals surface area contributed by atoms with Crippen molar-refractivity contribution >= 4 is 0 Å². The van der Waals surface area contributed by atoms with Gasteiger partial charge in [-0.25, -0.2) is 8.78 Å². The number of piperidine rings is 1. The highest BCUT2D eigenvalue weighted by Crippen LogP contribution is 2.19. The molecule has 1 fully saturated rings. The zero-order chi connectivity index (χ0) is 13.0. The molecule has 18 heavy (non-hydrogen) atoms. The lowest BCUT2D eigenvalue weighted by atomic mass is 9.99. The van der Waals surface area contributed by atoms with Crippen LogP contribution in [-0.4, -0.2) is 19.6 Å². The van der Waals surface area contributed by atoms with Crippen LogP contribution in [0.2, 0.25) is 0 Å². The molecule has 100 valence electrons. The Morgan fingerprint density at radius 2 is 2.28 bits per heavy atom. The minimum Gasteiger partial charge on any atom is -0.316 e. The fourth-order valence-electron chi connectivity index (χ4n) is 2.40. The second kappa shape index (κ2) is 6.25. The molecule has 0 spiro atoms. The lowest BCUT2D eigenvalue weighted by Gasteiger charge is -2.25. The number of nitrogens with one attached hydrogen (secondary N) is 2. The lowest BCUT2D eigenvalue weighted by Crippen LogP contribution is -2.36. The van der Waals surface area contributed by atoms with Crippen LogP contribution < -0.4 is 10.6 Å². The molecule has 2 unspecified atom stereocenters. The predicted molar refractivity (Wildman–Crippen MR) is 68.4 cm³/mol. The van der Waals surface area contributed by atoms with E-state index in [1.165, 1.54) is 25.0 Å². The van der Waals surface area contributed by atoms with Crippen LogP contribution in [0.25, 0.3) is 0 Å². The molecule has 1 aromatic rings. The zero-order valence-electron chi connectivity index (χ0n) is 10.7. The molecule has 1 heterocycles.